The molecule has 1 aliphatic rings. The van der Waals surface area contributed by atoms with Crippen molar-refractivity contribution in [2.45, 2.75) is 71.5 Å². The Morgan fingerprint density at radius 1 is 0.750 bits per heavy atom. The summed E-state index contributed by atoms with van der Waals surface area (Å²) in [6, 6.07) is 17.6. The van der Waals surface area contributed by atoms with E-state index in [-0.39, 0.29) is 6.29 Å². The Morgan fingerprint density at radius 2 is 1.36 bits per heavy atom. The van der Waals surface area contributed by atoms with Crippen LogP contribution in [0.1, 0.15) is 63.0 Å². The Bertz CT molecular complexity index is 667. The van der Waals surface area contributed by atoms with Crippen LogP contribution >= 0.6 is 0 Å². The summed E-state index contributed by atoms with van der Waals surface area (Å²) in [6.07, 6.45) is 9.87. The highest BCUT2D eigenvalue weighted by Gasteiger charge is 2.21. The van der Waals surface area contributed by atoms with Crippen molar-refractivity contribution in [3.8, 4) is 11.1 Å². The Hall–Kier alpha value is -1.64. The predicted octanol–water partition coefficient (Wildman–Crippen LogP) is 6.94. The molecule has 28 heavy (non-hydrogen) atoms. The Morgan fingerprint density at radius 3 is 2.00 bits per heavy atom. The molecule has 2 nitrogen and oxygen atoms in total. The molecule has 1 fully saturated rings. The molecular weight excluding hydrogens is 344 g/mol. The second-order valence-electron chi connectivity index (χ2n) is 8.27. The van der Waals surface area contributed by atoms with E-state index in [9.17, 15) is 0 Å². The molecule has 0 aliphatic carbocycles. The van der Waals surface area contributed by atoms with Crippen LogP contribution in [-0.2, 0) is 15.9 Å². The molecule has 152 valence electrons. The normalized spacial score (nSPS) is 19.6. The van der Waals surface area contributed by atoms with Gasteiger partial charge in [-0.1, -0.05) is 93.1 Å². The number of unbranched alkanes of at least 4 members (excludes halogenated alkanes) is 4. The minimum absolute atomic E-state index is 0.0342. The van der Waals surface area contributed by atoms with Crippen LogP contribution in [-0.4, -0.2) is 19.5 Å². The van der Waals surface area contributed by atoms with Crippen LogP contribution in [0.3, 0.4) is 0 Å². The molecule has 0 saturated carbocycles. The molecular formula is C26H36O2. The van der Waals surface area contributed by atoms with Gasteiger partial charge < -0.3 is 9.47 Å². The fraction of sp³-hybridized carbons (Fsp3) is 0.538. The van der Waals surface area contributed by atoms with E-state index in [1.165, 1.54) is 60.8 Å². The molecule has 2 aromatic carbocycles. The van der Waals surface area contributed by atoms with E-state index in [2.05, 4.69) is 62.4 Å². The van der Waals surface area contributed by atoms with Crippen LogP contribution in [0.5, 0.6) is 0 Å². The van der Waals surface area contributed by atoms with Gasteiger partial charge in [0.15, 0.2) is 6.29 Å². The van der Waals surface area contributed by atoms with Crippen LogP contribution in [0, 0.1) is 12.8 Å². The fourth-order valence-corrected chi connectivity index (χ4v) is 3.85. The van der Waals surface area contributed by atoms with Crippen molar-refractivity contribution in [1.29, 1.82) is 0 Å². The van der Waals surface area contributed by atoms with Crippen molar-refractivity contribution >= 4 is 0 Å². The lowest BCUT2D eigenvalue weighted by molar-refractivity contribution is -0.203. The quantitative estimate of drug-likeness (QED) is 0.415. The average Bonchev–Trinajstić information content (AvgIpc) is 2.74. The van der Waals surface area contributed by atoms with Crippen molar-refractivity contribution < 1.29 is 9.47 Å². The number of benzene rings is 2. The molecule has 0 spiro atoms. The molecule has 0 aromatic heterocycles. The first-order chi connectivity index (χ1) is 13.7. The fourth-order valence-electron chi connectivity index (χ4n) is 3.85. The van der Waals surface area contributed by atoms with E-state index in [4.69, 9.17) is 9.47 Å². The van der Waals surface area contributed by atoms with E-state index >= 15 is 0 Å². The first-order valence-electron chi connectivity index (χ1n) is 11.1. The van der Waals surface area contributed by atoms with Gasteiger partial charge in [0.05, 0.1) is 13.2 Å². The molecule has 1 aliphatic heterocycles. The zero-order valence-corrected chi connectivity index (χ0v) is 17.7. The third-order valence-electron chi connectivity index (χ3n) is 5.76. The molecule has 0 atom stereocenters. The van der Waals surface area contributed by atoms with E-state index in [1.54, 1.807) is 0 Å². The Balaban J connectivity index is 1.35. The lowest BCUT2D eigenvalue weighted by atomic mass is 10.0. The third kappa shape index (κ3) is 6.76. The van der Waals surface area contributed by atoms with Crippen molar-refractivity contribution in [2.75, 3.05) is 13.2 Å². The second kappa shape index (κ2) is 11.4. The maximum absolute atomic E-state index is 5.97. The summed E-state index contributed by atoms with van der Waals surface area (Å²) in [5.74, 6) is 0.590. The average molecular weight is 381 g/mol. The Labute approximate surface area is 171 Å². The molecule has 0 bridgehead atoms. The van der Waals surface area contributed by atoms with Gasteiger partial charge in [-0.3, -0.25) is 0 Å². The maximum atomic E-state index is 5.97. The van der Waals surface area contributed by atoms with Crippen LogP contribution in [0.15, 0.2) is 48.5 Å². The van der Waals surface area contributed by atoms with E-state index < -0.39 is 0 Å². The highest BCUT2D eigenvalue weighted by atomic mass is 16.7. The first kappa shape index (κ1) is 21.1. The SMILES string of the molecule is CCCCCCCC1COC(CCc2ccc(-c3ccc(C)cc3)cc2)OC1. The number of hydrogen-bond donors (Lipinski definition) is 0. The zero-order chi connectivity index (χ0) is 19.6. The lowest BCUT2D eigenvalue weighted by Crippen LogP contribution is -2.32. The van der Waals surface area contributed by atoms with E-state index in [0.717, 1.165) is 26.1 Å². The third-order valence-corrected chi connectivity index (χ3v) is 5.76. The van der Waals surface area contributed by atoms with Crippen molar-refractivity contribution in [3.05, 3.63) is 59.7 Å². The van der Waals surface area contributed by atoms with Crippen molar-refractivity contribution in [1.82, 2.24) is 0 Å². The van der Waals surface area contributed by atoms with Gasteiger partial charge in [0.2, 0.25) is 0 Å². The highest BCUT2D eigenvalue weighted by molar-refractivity contribution is 5.63. The van der Waals surface area contributed by atoms with Crippen LogP contribution in [0.25, 0.3) is 11.1 Å². The number of ether oxygens (including phenoxy) is 2. The minimum Gasteiger partial charge on any atom is -0.352 e. The van der Waals surface area contributed by atoms with Gasteiger partial charge in [-0.15, -0.1) is 0 Å². The summed E-state index contributed by atoms with van der Waals surface area (Å²) >= 11 is 0. The summed E-state index contributed by atoms with van der Waals surface area (Å²) in [6.45, 7) is 6.12. The molecule has 0 radical (unpaired) electrons. The lowest BCUT2D eigenvalue weighted by Gasteiger charge is -2.29. The largest absolute Gasteiger partial charge is 0.352 e. The van der Waals surface area contributed by atoms with Gasteiger partial charge in [-0.2, -0.15) is 0 Å². The standard InChI is InChI=1S/C26H36O2/c1-3-4-5-6-7-8-23-19-27-26(28-20-23)18-13-22-11-16-25(17-12-22)24-14-9-21(2)10-15-24/h9-12,14-17,23,26H,3-8,13,18-20H2,1-2H3. The highest BCUT2D eigenvalue weighted by Crippen LogP contribution is 2.23. The summed E-state index contributed by atoms with van der Waals surface area (Å²) in [7, 11) is 0. The topological polar surface area (TPSA) is 18.5 Å². The second-order valence-corrected chi connectivity index (χ2v) is 8.27. The predicted molar refractivity (Wildman–Crippen MR) is 117 cm³/mol. The molecule has 1 saturated heterocycles. The molecule has 2 aromatic rings. The van der Waals surface area contributed by atoms with Crippen molar-refractivity contribution in [3.63, 3.8) is 0 Å². The van der Waals surface area contributed by atoms with E-state index in [0.29, 0.717) is 5.92 Å². The van der Waals surface area contributed by atoms with Gasteiger partial charge in [-0.25, -0.2) is 0 Å². The molecule has 0 unspecified atom stereocenters. The maximum Gasteiger partial charge on any atom is 0.157 e. The molecule has 0 N–H and O–H groups in total. The molecule has 1 heterocycles. The van der Waals surface area contributed by atoms with Crippen LogP contribution in [0.2, 0.25) is 0 Å². The van der Waals surface area contributed by atoms with Crippen LogP contribution in [0.4, 0.5) is 0 Å². The summed E-state index contributed by atoms with van der Waals surface area (Å²) in [5, 5.41) is 0. The van der Waals surface area contributed by atoms with E-state index in [1.807, 2.05) is 0 Å². The Kier molecular flexibility index (Phi) is 8.57. The molecule has 0 amide bonds. The van der Waals surface area contributed by atoms with Gasteiger partial charge in [-0.05, 0) is 36.5 Å². The number of aryl methyl sites for hydroxylation is 2. The minimum atomic E-state index is -0.0342. The number of rotatable bonds is 10. The summed E-state index contributed by atoms with van der Waals surface area (Å²) in [5.41, 5.74) is 5.19. The van der Waals surface area contributed by atoms with Crippen molar-refractivity contribution in [2.24, 2.45) is 5.92 Å². The number of hydrogen-bond acceptors (Lipinski definition) is 2. The summed E-state index contributed by atoms with van der Waals surface area (Å²) in [4.78, 5) is 0. The van der Waals surface area contributed by atoms with Gasteiger partial charge in [0.1, 0.15) is 0 Å². The monoisotopic (exact) mass is 380 g/mol. The van der Waals surface area contributed by atoms with Gasteiger partial charge in [0.25, 0.3) is 0 Å². The molecule has 3 rings (SSSR count). The first-order valence-corrected chi connectivity index (χ1v) is 11.1. The summed E-state index contributed by atoms with van der Waals surface area (Å²) < 4.78 is 11.9. The molecule has 2 heteroatoms. The smallest absolute Gasteiger partial charge is 0.157 e. The van der Waals surface area contributed by atoms with Crippen LogP contribution < -0.4 is 0 Å². The van der Waals surface area contributed by atoms with Gasteiger partial charge >= 0.3 is 0 Å². The zero-order valence-electron chi connectivity index (χ0n) is 17.7. The van der Waals surface area contributed by atoms with Gasteiger partial charge in [0, 0.05) is 12.3 Å².